The Hall–Kier alpha value is -1.13. The largest absolute Gasteiger partial charge is 0.358 e. The molecular weight excluding hydrogens is 260 g/mol. The Morgan fingerprint density at radius 1 is 1.38 bits per heavy atom. The molecule has 1 unspecified atom stereocenters. The molecule has 1 aromatic rings. The van der Waals surface area contributed by atoms with Gasteiger partial charge in [0.15, 0.2) is 0 Å². The summed E-state index contributed by atoms with van der Waals surface area (Å²) in [4.78, 5) is 9.48. The molecule has 0 aromatic carbocycles. The number of hydrogen-bond acceptors (Lipinski definition) is 4. The van der Waals surface area contributed by atoms with Gasteiger partial charge in [-0.15, -0.1) is 0 Å². The van der Waals surface area contributed by atoms with Crippen molar-refractivity contribution in [2.45, 2.75) is 39.2 Å². The van der Waals surface area contributed by atoms with Gasteiger partial charge in [0.1, 0.15) is 5.82 Å². The summed E-state index contributed by atoms with van der Waals surface area (Å²) in [6.07, 6.45) is 5.77. The molecule has 2 rings (SSSR count). The Bertz CT molecular complexity index is 415. The van der Waals surface area contributed by atoms with Crippen molar-refractivity contribution in [2.24, 2.45) is 0 Å². The number of anilines is 1. The predicted molar refractivity (Wildman–Crippen MR) is 89.9 cm³/mol. The van der Waals surface area contributed by atoms with Gasteiger partial charge in [0.05, 0.1) is 0 Å². The van der Waals surface area contributed by atoms with E-state index in [1.165, 1.54) is 31.5 Å². The van der Waals surface area contributed by atoms with Crippen molar-refractivity contribution in [3.63, 3.8) is 0 Å². The maximum absolute atomic E-state index is 4.62. The number of pyridine rings is 1. The molecule has 0 radical (unpaired) electrons. The van der Waals surface area contributed by atoms with E-state index in [0.717, 1.165) is 31.9 Å². The fourth-order valence-corrected chi connectivity index (χ4v) is 2.94. The molecule has 1 aliphatic heterocycles. The highest BCUT2D eigenvalue weighted by Gasteiger charge is 2.16. The normalized spacial score (nSPS) is 17.1. The number of likely N-dealkylation sites (N-methyl/N-ethyl adjacent to an activating group) is 1. The maximum atomic E-state index is 4.62. The van der Waals surface area contributed by atoms with Crippen LogP contribution in [0.5, 0.6) is 0 Å². The van der Waals surface area contributed by atoms with Crippen LogP contribution in [-0.4, -0.2) is 49.7 Å². The molecule has 1 N–H and O–H groups in total. The Labute approximate surface area is 129 Å². The van der Waals surface area contributed by atoms with Crippen molar-refractivity contribution in [1.29, 1.82) is 0 Å². The molecule has 118 valence electrons. The molecule has 21 heavy (non-hydrogen) atoms. The second-order valence-corrected chi connectivity index (χ2v) is 6.06. The number of nitrogens with one attached hydrogen (secondary N) is 1. The average molecular weight is 290 g/mol. The Morgan fingerprint density at radius 3 is 2.86 bits per heavy atom. The van der Waals surface area contributed by atoms with Crippen LogP contribution in [-0.2, 0) is 0 Å². The minimum atomic E-state index is 0.350. The quantitative estimate of drug-likeness (QED) is 0.797. The van der Waals surface area contributed by atoms with E-state index in [1.807, 2.05) is 12.3 Å². The molecular formula is C17H30N4. The van der Waals surface area contributed by atoms with Crippen LogP contribution in [0.1, 0.15) is 44.7 Å². The average Bonchev–Trinajstić information content (AvgIpc) is 3.03. The topological polar surface area (TPSA) is 31.4 Å². The van der Waals surface area contributed by atoms with Gasteiger partial charge in [-0.2, -0.15) is 0 Å². The fourth-order valence-electron chi connectivity index (χ4n) is 2.94. The molecule has 4 heteroatoms. The van der Waals surface area contributed by atoms with Crippen molar-refractivity contribution < 1.29 is 0 Å². The van der Waals surface area contributed by atoms with Crippen LogP contribution < -0.4 is 10.2 Å². The first-order valence-electron chi connectivity index (χ1n) is 8.34. The minimum absolute atomic E-state index is 0.350. The zero-order chi connectivity index (χ0) is 15.1. The lowest BCUT2D eigenvalue weighted by Gasteiger charge is -2.26. The third-order valence-corrected chi connectivity index (χ3v) is 4.30. The summed E-state index contributed by atoms with van der Waals surface area (Å²) < 4.78 is 0. The molecule has 1 fully saturated rings. The second-order valence-electron chi connectivity index (χ2n) is 6.06. The standard InChI is InChI=1S/C17H30N4/c1-4-9-18-15(2)16-8-7-10-19-17(16)20(3)13-14-21-11-5-6-12-21/h7-8,10,15,18H,4-6,9,11-14H2,1-3H3. The second kappa shape index (κ2) is 8.35. The van der Waals surface area contributed by atoms with E-state index in [-0.39, 0.29) is 0 Å². The minimum Gasteiger partial charge on any atom is -0.358 e. The van der Waals surface area contributed by atoms with E-state index < -0.39 is 0 Å². The summed E-state index contributed by atoms with van der Waals surface area (Å²) in [5, 5.41) is 3.56. The van der Waals surface area contributed by atoms with Crippen LogP contribution in [0, 0.1) is 0 Å². The van der Waals surface area contributed by atoms with Crippen molar-refractivity contribution in [2.75, 3.05) is 44.7 Å². The van der Waals surface area contributed by atoms with Gasteiger partial charge in [-0.1, -0.05) is 13.0 Å². The van der Waals surface area contributed by atoms with E-state index in [0.29, 0.717) is 6.04 Å². The van der Waals surface area contributed by atoms with Crippen LogP contribution in [0.4, 0.5) is 5.82 Å². The highest BCUT2D eigenvalue weighted by Crippen LogP contribution is 2.23. The van der Waals surface area contributed by atoms with Gasteiger partial charge in [0.2, 0.25) is 0 Å². The number of hydrogen-bond donors (Lipinski definition) is 1. The van der Waals surface area contributed by atoms with Gasteiger partial charge >= 0.3 is 0 Å². The highest BCUT2D eigenvalue weighted by molar-refractivity contribution is 5.47. The predicted octanol–water partition coefficient (Wildman–Crippen LogP) is 2.67. The Balaban J connectivity index is 1.96. The smallest absolute Gasteiger partial charge is 0.133 e. The molecule has 1 saturated heterocycles. The Morgan fingerprint density at radius 2 is 2.14 bits per heavy atom. The molecule has 1 atom stereocenters. The van der Waals surface area contributed by atoms with E-state index in [4.69, 9.17) is 0 Å². The fraction of sp³-hybridized carbons (Fsp3) is 0.706. The third-order valence-electron chi connectivity index (χ3n) is 4.30. The van der Waals surface area contributed by atoms with Crippen LogP contribution in [0.25, 0.3) is 0 Å². The van der Waals surface area contributed by atoms with Crippen molar-refractivity contribution in [1.82, 2.24) is 15.2 Å². The van der Waals surface area contributed by atoms with E-state index in [2.05, 4.69) is 47.1 Å². The van der Waals surface area contributed by atoms with Crippen molar-refractivity contribution in [3.05, 3.63) is 23.9 Å². The molecule has 0 amide bonds. The summed E-state index contributed by atoms with van der Waals surface area (Å²) in [5.41, 5.74) is 1.30. The summed E-state index contributed by atoms with van der Waals surface area (Å²) >= 11 is 0. The lowest BCUT2D eigenvalue weighted by molar-refractivity contribution is 0.346. The van der Waals surface area contributed by atoms with Crippen molar-refractivity contribution >= 4 is 5.82 Å². The summed E-state index contributed by atoms with van der Waals surface area (Å²) in [5.74, 6) is 1.12. The molecule has 1 aromatic heterocycles. The lowest BCUT2D eigenvalue weighted by atomic mass is 10.1. The lowest BCUT2D eigenvalue weighted by Crippen LogP contribution is -2.33. The van der Waals surface area contributed by atoms with Gasteiger partial charge in [-0.3, -0.25) is 0 Å². The summed E-state index contributed by atoms with van der Waals surface area (Å²) in [6, 6.07) is 4.59. The number of aromatic nitrogens is 1. The van der Waals surface area contributed by atoms with E-state index in [9.17, 15) is 0 Å². The first-order chi connectivity index (χ1) is 10.2. The zero-order valence-corrected chi connectivity index (χ0v) is 13.8. The van der Waals surface area contributed by atoms with Gasteiger partial charge in [-0.05, 0) is 51.9 Å². The molecule has 1 aliphatic rings. The monoisotopic (exact) mass is 290 g/mol. The highest BCUT2D eigenvalue weighted by atomic mass is 15.2. The Kier molecular flexibility index (Phi) is 6.46. The summed E-state index contributed by atoms with van der Waals surface area (Å²) in [7, 11) is 2.16. The number of rotatable bonds is 8. The molecule has 4 nitrogen and oxygen atoms in total. The van der Waals surface area contributed by atoms with Crippen LogP contribution in [0.3, 0.4) is 0 Å². The third kappa shape index (κ3) is 4.68. The van der Waals surface area contributed by atoms with Crippen molar-refractivity contribution in [3.8, 4) is 0 Å². The van der Waals surface area contributed by atoms with Crippen LogP contribution in [0.2, 0.25) is 0 Å². The van der Waals surface area contributed by atoms with Gasteiger partial charge in [0.25, 0.3) is 0 Å². The maximum Gasteiger partial charge on any atom is 0.133 e. The molecule has 0 bridgehead atoms. The molecule has 0 spiro atoms. The molecule has 0 saturated carbocycles. The SMILES string of the molecule is CCCNC(C)c1cccnc1N(C)CCN1CCCC1. The van der Waals surface area contributed by atoms with Gasteiger partial charge in [0, 0.05) is 37.9 Å². The number of nitrogens with zero attached hydrogens (tertiary/aromatic N) is 3. The molecule has 0 aliphatic carbocycles. The van der Waals surface area contributed by atoms with Crippen LogP contribution in [0.15, 0.2) is 18.3 Å². The first-order valence-corrected chi connectivity index (χ1v) is 8.34. The summed E-state index contributed by atoms with van der Waals surface area (Å²) in [6.45, 7) is 10.2. The van der Waals surface area contributed by atoms with E-state index in [1.54, 1.807) is 0 Å². The zero-order valence-electron chi connectivity index (χ0n) is 13.8. The van der Waals surface area contributed by atoms with Crippen LogP contribution >= 0.6 is 0 Å². The van der Waals surface area contributed by atoms with Gasteiger partial charge in [-0.25, -0.2) is 4.98 Å². The first kappa shape index (κ1) is 16.2. The number of likely N-dealkylation sites (tertiary alicyclic amines) is 1. The molecule has 2 heterocycles. The van der Waals surface area contributed by atoms with E-state index >= 15 is 0 Å². The van der Waals surface area contributed by atoms with Gasteiger partial charge < -0.3 is 15.1 Å².